The normalized spacial score (nSPS) is 11.0. The van der Waals surface area contributed by atoms with Gasteiger partial charge < -0.3 is 0 Å². The number of halogens is 2. The average molecular weight is 393 g/mol. The largest absolute Gasteiger partial charge is 0.203 e. The van der Waals surface area contributed by atoms with Gasteiger partial charge >= 0.3 is 0 Å². The Balaban J connectivity index is 1.63. The monoisotopic (exact) mass is 392 g/mol. The maximum Gasteiger partial charge on any atom is 0.162 e. The third-order valence-electron chi connectivity index (χ3n) is 5.50. The minimum absolute atomic E-state index is 0.453. The van der Waals surface area contributed by atoms with Gasteiger partial charge in [0.2, 0.25) is 0 Å². The molecule has 3 aromatic carbocycles. The van der Waals surface area contributed by atoms with E-state index >= 15 is 0 Å². The smallest absolute Gasteiger partial charge is 0.162 e. The van der Waals surface area contributed by atoms with Crippen molar-refractivity contribution in [3.63, 3.8) is 0 Å². The number of aryl methyl sites for hydroxylation is 4. The van der Waals surface area contributed by atoms with Crippen LogP contribution in [-0.4, -0.2) is 0 Å². The summed E-state index contributed by atoms with van der Waals surface area (Å²) in [5.41, 5.74) is 5.82. The van der Waals surface area contributed by atoms with Gasteiger partial charge in [0.15, 0.2) is 11.6 Å². The highest BCUT2D eigenvalue weighted by Gasteiger charge is 2.12. The van der Waals surface area contributed by atoms with Crippen molar-refractivity contribution in [2.45, 2.75) is 58.8 Å². The van der Waals surface area contributed by atoms with E-state index in [4.69, 9.17) is 0 Å². The van der Waals surface area contributed by atoms with Gasteiger partial charge in [-0.25, -0.2) is 8.78 Å². The van der Waals surface area contributed by atoms with Crippen molar-refractivity contribution < 1.29 is 8.78 Å². The molecule has 0 amide bonds. The lowest BCUT2D eigenvalue weighted by atomic mass is 9.98. The zero-order chi connectivity index (χ0) is 20.6. The van der Waals surface area contributed by atoms with Crippen LogP contribution in [0.25, 0.3) is 11.1 Å². The van der Waals surface area contributed by atoms with Crippen molar-refractivity contribution in [3.05, 3.63) is 94.6 Å². The Morgan fingerprint density at radius 2 is 1.00 bits per heavy atom. The van der Waals surface area contributed by atoms with E-state index in [1.54, 1.807) is 12.1 Å². The summed E-state index contributed by atoms with van der Waals surface area (Å²) in [5.74, 6) is -1.36. The minimum Gasteiger partial charge on any atom is -0.203 e. The molecule has 0 saturated heterocycles. The third kappa shape index (κ3) is 5.53. The predicted octanol–water partition coefficient (Wildman–Crippen LogP) is 7.71. The van der Waals surface area contributed by atoms with Crippen LogP contribution in [-0.2, 0) is 25.7 Å². The molecule has 0 aliphatic carbocycles. The summed E-state index contributed by atoms with van der Waals surface area (Å²) >= 11 is 0. The van der Waals surface area contributed by atoms with Crippen molar-refractivity contribution in [2.24, 2.45) is 0 Å². The molecule has 0 aliphatic heterocycles. The second-order valence-corrected chi connectivity index (χ2v) is 7.76. The van der Waals surface area contributed by atoms with Crippen LogP contribution in [0.5, 0.6) is 0 Å². The fourth-order valence-electron chi connectivity index (χ4n) is 3.67. The molecule has 0 atom stereocenters. The molecule has 0 unspecified atom stereocenters. The third-order valence-corrected chi connectivity index (χ3v) is 5.50. The SMILES string of the molecule is CCCCc1ccc(-c2ccc(CCc3ccc(CCC)c(F)c3F)cc2)cc1. The molecule has 0 heterocycles. The number of hydrogen-bond donors (Lipinski definition) is 0. The Morgan fingerprint density at radius 3 is 1.48 bits per heavy atom. The zero-order valence-electron chi connectivity index (χ0n) is 17.5. The van der Waals surface area contributed by atoms with Gasteiger partial charge in [-0.1, -0.05) is 87.4 Å². The summed E-state index contributed by atoms with van der Waals surface area (Å²) < 4.78 is 28.4. The number of rotatable bonds is 9. The molecule has 0 fully saturated rings. The molecule has 0 bridgehead atoms. The van der Waals surface area contributed by atoms with Crippen molar-refractivity contribution in [3.8, 4) is 11.1 Å². The van der Waals surface area contributed by atoms with E-state index in [0.717, 1.165) is 18.4 Å². The van der Waals surface area contributed by atoms with Crippen LogP contribution >= 0.6 is 0 Å². The molecule has 3 aromatic rings. The quantitative estimate of drug-likeness (QED) is 0.350. The van der Waals surface area contributed by atoms with Gasteiger partial charge in [-0.15, -0.1) is 0 Å². The second-order valence-electron chi connectivity index (χ2n) is 7.76. The maximum absolute atomic E-state index is 14.3. The lowest BCUT2D eigenvalue weighted by Crippen LogP contribution is -2.01. The van der Waals surface area contributed by atoms with E-state index in [2.05, 4.69) is 55.5 Å². The van der Waals surface area contributed by atoms with Gasteiger partial charge in [0.05, 0.1) is 0 Å². The molecule has 0 N–H and O–H groups in total. The fraction of sp³-hybridized carbons (Fsp3) is 0.333. The van der Waals surface area contributed by atoms with Crippen LogP contribution < -0.4 is 0 Å². The van der Waals surface area contributed by atoms with Gasteiger partial charge in [0, 0.05) is 0 Å². The van der Waals surface area contributed by atoms with Crippen LogP contribution in [0.4, 0.5) is 8.78 Å². The van der Waals surface area contributed by atoms with Crippen LogP contribution in [0.1, 0.15) is 55.4 Å². The first kappa shape index (κ1) is 21.2. The lowest BCUT2D eigenvalue weighted by molar-refractivity contribution is 0.488. The molecule has 0 radical (unpaired) electrons. The highest BCUT2D eigenvalue weighted by molar-refractivity contribution is 5.64. The van der Waals surface area contributed by atoms with E-state index < -0.39 is 11.6 Å². The topological polar surface area (TPSA) is 0 Å². The van der Waals surface area contributed by atoms with Gasteiger partial charge in [-0.3, -0.25) is 0 Å². The molecule has 0 spiro atoms. The van der Waals surface area contributed by atoms with Crippen LogP contribution in [0.2, 0.25) is 0 Å². The summed E-state index contributed by atoms with van der Waals surface area (Å²) in [5, 5.41) is 0. The van der Waals surface area contributed by atoms with E-state index in [-0.39, 0.29) is 0 Å². The molecule has 29 heavy (non-hydrogen) atoms. The lowest BCUT2D eigenvalue weighted by Gasteiger charge is -2.09. The molecular formula is C27H30F2. The summed E-state index contributed by atoms with van der Waals surface area (Å²) in [7, 11) is 0. The Kier molecular flexibility index (Phi) is 7.57. The van der Waals surface area contributed by atoms with E-state index in [0.29, 0.717) is 30.4 Å². The number of benzene rings is 3. The maximum atomic E-state index is 14.3. The first-order chi connectivity index (χ1) is 14.1. The molecule has 152 valence electrons. The first-order valence-corrected chi connectivity index (χ1v) is 10.8. The van der Waals surface area contributed by atoms with Crippen molar-refractivity contribution in [1.29, 1.82) is 0 Å². The standard InChI is InChI=1S/C27H30F2/c1-3-5-7-20-8-13-22(14-9-20)23-15-10-21(11-16-23)12-17-25-19-18-24(6-4-2)26(28)27(25)29/h8-11,13-16,18-19H,3-7,12,17H2,1-2H3. The van der Waals surface area contributed by atoms with Crippen LogP contribution in [0.3, 0.4) is 0 Å². The van der Waals surface area contributed by atoms with Gasteiger partial charge in [0.25, 0.3) is 0 Å². The molecule has 0 saturated carbocycles. The van der Waals surface area contributed by atoms with Gasteiger partial charge in [-0.05, 0) is 65.5 Å². The average Bonchev–Trinajstić information content (AvgIpc) is 2.76. The highest BCUT2D eigenvalue weighted by Crippen LogP contribution is 2.23. The Hall–Kier alpha value is -2.48. The summed E-state index contributed by atoms with van der Waals surface area (Å²) in [6, 6.07) is 20.6. The van der Waals surface area contributed by atoms with Gasteiger partial charge in [-0.2, -0.15) is 0 Å². The minimum atomic E-state index is -0.685. The van der Waals surface area contributed by atoms with Crippen molar-refractivity contribution >= 4 is 0 Å². The van der Waals surface area contributed by atoms with E-state index in [9.17, 15) is 8.78 Å². The molecule has 0 aliphatic rings. The second kappa shape index (κ2) is 10.3. The van der Waals surface area contributed by atoms with Gasteiger partial charge in [0.1, 0.15) is 0 Å². The molecule has 0 nitrogen and oxygen atoms in total. The van der Waals surface area contributed by atoms with E-state index in [1.807, 2.05) is 6.92 Å². The Bertz CT molecular complexity index is 909. The number of unbranched alkanes of at least 4 members (excludes halogenated alkanes) is 1. The zero-order valence-corrected chi connectivity index (χ0v) is 17.5. The Morgan fingerprint density at radius 1 is 0.517 bits per heavy atom. The van der Waals surface area contributed by atoms with Crippen LogP contribution in [0.15, 0.2) is 60.7 Å². The fourth-order valence-corrected chi connectivity index (χ4v) is 3.67. The summed E-state index contributed by atoms with van der Waals surface area (Å²) in [6.07, 6.45) is 6.14. The van der Waals surface area contributed by atoms with E-state index in [1.165, 1.54) is 29.5 Å². The summed E-state index contributed by atoms with van der Waals surface area (Å²) in [4.78, 5) is 0. The number of hydrogen-bond acceptors (Lipinski definition) is 0. The van der Waals surface area contributed by atoms with Crippen molar-refractivity contribution in [1.82, 2.24) is 0 Å². The summed E-state index contributed by atoms with van der Waals surface area (Å²) in [6.45, 7) is 4.18. The van der Waals surface area contributed by atoms with Crippen molar-refractivity contribution in [2.75, 3.05) is 0 Å². The Labute approximate surface area is 173 Å². The van der Waals surface area contributed by atoms with Crippen LogP contribution in [0, 0.1) is 11.6 Å². The predicted molar refractivity (Wildman–Crippen MR) is 118 cm³/mol. The first-order valence-electron chi connectivity index (χ1n) is 10.8. The molecule has 0 aromatic heterocycles. The molecule has 3 rings (SSSR count). The molecular weight excluding hydrogens is 362 g/mol. The highest BCUT2D eigenvalue weighted by atomic mass is 19.2. The molecule has 2 heteroatoms.